The largest absolute Gasteiger partial charge is 0.366 e. The molecule has 2 aliphatic heterocycles. The molecule has 1 aromatic heterocycles. The summed E-state index contributed by atoms with van der Waals surface area (Å²) in [5.74, 6) is 0.635. The van der Waals surface area contributed by atoms with Crippen molar-refractivity contribution in [1.82, 2.24) is 19.8 Å². The molecule has 8 nitrogen and oxygen atoms in total. The van der Waals surface area contributed by atoms with Crippen molar-refractivity contribution in [3.05, 3.63) is 40.4 Å². The zero-order valence-electron chi connectivity index (χ0n) is 17.0. The van der Waals surface area contributed by atoms with E-state index in [1.807, 2.05) is 23.1 Å². The van der Waals surface area contributed by atoms with Gasteiger partial charge in [-0.3, -0.25) is 14.5 Å². The van der Waals surface area contributed by atoms with Gasteiger partial charge in [-0.05, 0) is 30.5 Å². The second-order valence-corrected chi connectivity index (χ2v) is 8.15. The number of hydrogen-bond donors (Lipinski definition) is 2. The average Bonchev–Trinajstić information content (AvgIpc) is 3.10. The molecule has 30 heavy (non-hydrogen) atoms. The molecule has 3 heterocycles. The molecule has 1 amide bonds. The molecule has 2 aromatic rings. The summed E-state index contributed by atoms with van der Waals surface area (Å²) in [5, 5.41) is 0.582. The summed E-state index contributed by atoms with van der Waals surface area (Å²) < 4.78 is 5.76. The molecular weight excluding hydrogens is 429 g/mol. The van der Waals surface area contributed by atoms with E-state index in [9.17, 15) is 9.59 Å². The van der Waals surface area contributed by atoms with Crippen LogP contribution in [-0.2, 0) is 16.1 Å². The smallest absolute Gasteiger partial charge is 0.258 e. The third kappa shape index (κ3) is 5.12. The Hall–Kier alpha value is -1.71. The number of nitrogens with two attached hydrogens (primary N) is 1. The van der Waals surface area contributed by atoms with Crippen LogP contribution >= 0.6 is 24.8 Å². The Morgan fingerprint density at radius 1 is 1.33 bits per heavy atom. The minimum atomic E-state index is -0.485. The van der Waals surface area contributed by atoms with Gasteiger partial charge in [0.1, 0.15) is 11.9 Å². The fraction of sp³-hybridized carbons (Fsp3) is 0.550. The number of amides is 1. The summed E-state index contributed by atoms with van der Waals surface area (Å²) in [6, 6.07) is 7.29. The first-order valence-corrected chi connectivity index (χ1v) is 9.78. The normalized spacial score (nSPS) is 24.3. The Kier molecular flexibility index (Phi) is 8.24. The molecule has 2 fully saturated rings. The molecule has 10 heteroatoms. The van der Waals surface area contributed by atoms with Gasteiger partial charge in [0.05, 0.1) is 24.1 Å². The maximum atomic E-state index is 12.9. The van der Waals surface area contributed by atoms with Crippen molar-refractivity contribution in [2.45, 2.75) is 26.0 Å². The standard InChI is InChI=1S/C20H27N5O3.2ClH/c1-20(12-21)6-7-25(13-20)19(27)16-10-24(8-9-28-16)11-17-22-15-5-3-2-4-14(15)18(26)23-17;;/h2-5,16H,6-13,21H2,1H3,(H,22,23,26);2*1H. The number of nitrogens with zero attached hydrogens (tertiary/aromatic N) is 3. The van der Waals surface area contributed by atoms with E-state index in [1.54, 1.807) is 6.07 Å². The number of hydrogen-bond acceptors (Lipinski definition) is 6. The lowest BCUT2D eigenvalue weighted by atomic mass is 9.90. The summed E-state index contributed by atoms with van der Waals surface area (Å²) in [7, 11) is 0. The predicted molar refractivity (Wildman–Crippen MR) is 120 cm³/mol. The van der Waals surface area contributed by atoms with Crippen molar-refractivity contribution in [3.8, 4) is 0 Å². The number of ether oxygens (including phenoxy) is 1. The maximum absolute atomic E-state index is 12.9. The average molecular weight is 458 g/mol. The maximum Gasteiger partial charge on any atom is 0.258 e. The first kappa shape index (κ1) is 24.6. The number of likely N-dealkylation sites (tertiary alicyclic amines) is 1. The lowest BCUT2D eigenvalue weighted by Gasteiger charge is -2.34. The van der Waals surface area contributed by atoms with Gasteiger partial charge in [-0.25, -0.2) is 4.98 Å². The van der Waals surface area contributed by atoms with E-state index in [2.05, 4.69) is 21.8 Å². The van der Waals surface area contributed by atoms with Crippen molar-refractivity contribution in [2.75, 3.05) is 39.3 Å². The van der Waals surface area contributed by atoms with Crippen molar-refractivity contribution >= 4 is 41.6 Å². The summed E-state index contributed by atoms with van der Waals surface area (Å²) in [5.41, 5.74) is 6.40. The monoisotopic (exact) mass is 457 g/mol. The quantitative estimate of drug-likeness (QED) is 0.713. The second-order valence-electron chi connectivity index (χ2n) is 8.15. The molecule has 4 rings (SSSR count). The van der Waals surface area contributed by atoms with Crippen LogP contribution in [0.5, 0.6) is 0 Å². The molecule has 2 atom stereocenters. The molecule has 0 bridgehead atoms. The third-order valence-electron chi connectivity index (χ3n) is 5.82. The molecule has 1 aromatic carbocycles. The fourth-order valence-electron chi connectivity index (χ4n) is 4.00. The second kappa shape index (κ2) is 10.1. The number of para-hydroxylation sites is 1. The van der Waals surface area contributed by atoms with E-state index in [0.29, 0.717) is 56.1 Å². The number of H-pyrrole nitrogens is 1. The van der Waals surface area contributed by atoms with Crippen LogP contribution in [0.4, 0.5) is 0 Å². The predicted octanol–water partition coefficient (Wildman–Crippen LogP) is 1.16. The highest BCUT2D eigenvalue weighted by Crippen LogP contribution is 2.29. The van der Waals surface area contributed by atoms with Crippen LogP contribution in [0.25, 0.3) is 10.9 Å². The summed E-state index contributed by atoms with van der Waals surface area (Å²) in [6.45, 7) is 6.26. The van der Waals surface area contributed by atoms with Crippen LogP contribution in [0.15, 0.2) is 29.1 Å². The van der Waals surface area contributed by atoms with Gasteiger partial charge in [-0.15, -0.1) is 24.8 Å². The SMILES string of the molecule is CC1(CN)CCN(C(=O)C2CN(Cc3nc4ccccc4c(=O)[nH]3)CCO2)C1.Cl.Cl. The van der Waals surface area contributed by atoms with E-state index in [1.165, 1.54) is 0 Å². The van der Waals surface area contributed by atoms with Gasteiger partial charge in [0.2, 0.25) is 0 Å². The molecule has 0 saturated carbocycles. The van der Waals surface area contributed by atoms with E-state index in [0.717, 1.165) is 13.0 Å². The van der Waals surface area contributed by atoms with Gasteiger partial charge in [0.25, 0.3) is 11.5 Å². The third-order valence-corrected chi connectivity index (χ3v) is 5.82. The lowest BCUT2D eigenvalue weighted by molar-refractivity contribution is -0.149. The van der Waals surface area contributed by atoms with Gasteiger partial charge in [-0.1, -0.05) is 19.1 Å². The van der Waals surface area contributed by atoms with Crippen LogP contribution in [-0.4, -0.2) is 71.1 Å². The molecule has 0 radical (unpaired) electrons. The molecule has 2 unspecified atom stereocenters. The van der Waals surface area contributed by atoms with Crippen LogP contribution in [0.3, 0.4) is 0 Å². The number of halogens is 2. The minimum absolute atomic E-state index is 0. The number of aromatic nitrogens is 2. The molecule has 2 saturated heterocycles. The number of morpholine rings is 1. The van der Waals surface area contributed by atoms with Gasteiger partial charge in [0.15, 0.2) is 0 Å². The number of rotatable bonds is 4. The Labute approximate surface area is 188 Å². The van der Waals surface area contributed by atoms with Crippen LogP contribution in [0.2, 0.25) is 0 Å². The molecule has 0 spiro atoms. The minimum Gasteiger partial charge on any atom is -0.366 e. The zero-order valence-corrected chi connectivity index (χ0v) is 18.6. The van der Waals surface area contributed by atoms with Gasteiger partial charge in [0, 0.05) is 26.2 Å². The van der Waals surface area contributed by atoms with Crippen molar-refractivity contribution in [1.29, 1.82) is 0 Å². The Bertz CT molecular complexity index is 940. The summed E-state index contributed by atoms with van der Waals surface area (Å²) in [6.07, 6.45) is 0.439. The molecule has 3 N–H and O–H groups in total. The lowest BCUT2D eigenvalue weighted by Crippen LogP contribution is -2.50. The molecule has 166 valence electrons. The first-order chi connectivity index (χ1) is 13.5. The van der Waals surface area contributed by atoms with E-state index < -0.39 is 6.10 Å². The van der Waals surface area contributed by atoms with E-state index >= 15 is 0 Å². The highest BCUT2D eigenvalue weighted by molar-refractivity contribution is 5.85. The Morgan fingerprint density at radius 3 is 2.83 bits per heavy atom. The number of benzene rings is 1. The Morgan fingerprint density at radius 2 is 2.10 bits per heavy atom. The number of fused-ring (bicyclic) bond motifs is 1. The molecule has 0 aliphatic carbocycles. The van der Waals surface area contributed by atoms with Gasteiger partial charge < -0.3 is 20.4 Å². The van der Waals surface area contributed by atoms with Crippen molar-refractivity contribution in [3.63, 3.8) is 0 Å². The number of carbonyl (C=O) groups excluding carboxylic acids is 1. The number of nitrogens with one attached hydrogen (secondary N) is 1. The highest BCUT2D eigenvalue weighted by atomic mass is 35.5. The van der Waals surface area contributed by atoms with Gasteiger partial charge in [-0.2, -0.15) is 0 Å². The fourth-order valence-corrected chi connectivity index (χ4v) is 4.00. The number of carbonyl (C=O) groups is 1. The van der Waals surface area contributed by atoms with Crippen molar-refractivity contribution in [2.24, 2.45) is 11.1 Å². The van der Waals surface area contributed by atoms with Gasteiger partial charge >= 0.3 is 0 Å². The van der Waals surface area contributed by atoms with Crippen LogP contribution in [0.1, 0.15) is 19.2 Å². The molecular formula is C20H29Cl2N5O3. The first-order valence-electron chi connectivity index (χ1n) is 9.78. The van der Waals surface area contributed by atoms with E-state index in [4.69, 9.17) is 10.5 Å². The topological polar surface area (TPSA) is 105 Å². The van der Waals surface area contributed by atoms with Crippen molar-refractivity contribution < 1.29 is 9.53 Å². The molecule has 2 aliphatic rings. The highest BCUT2D eigenvalue weighted by Gasteiger charge is 2.38. The van der Waals surface area contributed by atoms with Crippen LogP contribution < -0.4 is 11.3 Å². The van der Waals surface area contributed by atoms with Crippen LogP contribution in [0, 0.1) is 5.41 Å². The van der Waals surface area contributed by atoms with E-state index in [-0.39, 0.29) is 41.7 Å². The summed E-state index contributed by atoms with van der Waals surface area (Å²) >= 11 is 0. The Balaban J connectivity index is 0.00000160. The number of aromatic amines is 1. The zero-order chi connectivity index (χ0) is 19.7. The summed E-state index contributed by atoms with van der Waals surface area (Å²) in [4.78, 5) is 36.6.